The molecule has 0 aromatic heterocycles. The number of Topliss-reactive ketones (excluding diaryl/α,β-unsaturated/α-hetero) is 1. The molecule has 0 aromatic carbocycles. The summed E-state index contributed by atoms with van der Waals surface area (Å²) in [5, 5.41) is 14.0. The summed E-state index contributed by atoms with van der Waals surface area (Å²) in [4.78, 5) is 21.7. The van der Waals surface area contributed by atoms with E-state index in [0.29, 0.717) is 6.54 Å². The molecule has 0 spiro atoms. The van der Waals surface area contributed by atoms with Gasteiger partial charge in [0.15, 0.2) is 5.78 Å². The quantitative estimate of drug-likeness (QED) is 0.482. The molecule has 0 aliphatic heterocycles. The highest BCUT2D eigenvalue weighted by atomic mass is 16.4. The molecule has 0 saturated carbocycles. The minimum Gasteiger partial charge on any atom is -0.481 e. The zero-order chi connectivity index (χ0) is 10.3. The fourth-order valence-electron chi connectivity index (χ4n) is 1.08. The average Bonchev–Trinajstić information content (AvgIpc) is 2.03. The molecule has 0 rings (SSSR count). The SMILES string of the molecule is CNCC(=O)C(CNC)CC(=O)O. The van der Waals surface area contributed by atoms with Crippen molar-refractivity contribution in [3.8, 4) is 0 Å². The highest BCUT2D eigenvalue weighted by molar-refractivity contribution is 5.86. The summed E-state index contributed by atoms with van der Waals surface area (Å²) in [7, 11) is 3.36. The van der Waals surface area contributed by atoms with E-state index in [0.717, 1.165) is 0 Å². The van der Waals surface area contributed by atoms with Crippen molar-refractivity contribution in [1.82, 2.24) is 10.6 Å². The van der Waals surface area contributed by atoms with Gasteiger partial charge in [0, 0.05) is 12.5 Å². The van der Waals surface area contributed by atoms with Gasteiger partial charge in [-0.05, 0) is 14.1 Å². The molecular formula is C8H16N2O3. The number of carbonyl (C=O) groups excluding carboxylic acids is 1. The Kier molecular flexibility index (Phi) is 6.09. The molecule has 0 aromatic rings. The number of likely N-dealkylation sites (N-methyl/N-ethyl adjacent to an activating group) is 1. The lowest BCUT2D eigenvalue weighted by atomic mass is 10.0. The van der Waals surface area contributed by atoms with Crippen LogP contribution in [0.4, 0.5) is 0 Å². The van der Waals surface area contributed by atoms with Gasteiger partial charge in [-0.3, -0.25) is 9.59 Å². The maximum atomic E-state index is 11.3. The Morgan fingerprint density at radius 2 is 1.92 bits per heavy atom. The topological polar surface area (TPSA) is 78.4 Å². The fraction of sp³-hybridized carbons (Fsp3) is 0.750. The number of rotatable bonds is 7. The van der Waals surface area contributed by atoms with E-state index in [1.54, 1.807) is 14.1 Å². The number of hydrogen-bond donors (Lipinski definition) is 3. The van der Waals surface area contributed by atoms with Crippen molar-refractivity contribution in [3.05, 3.63) is 0 Å². The Balaban J connectivity index is 4.06. The molecule has 0 heterocycles. The Bertz CT molecular complexity index is 182. The summed E-state index contributed by atoms with van der Waals surface area (Å²) >= 11 is 0. The van der Waals surface area contributed by atoms with Crippen LogP contribution in [0.2, 0.25) is 0 Å². The molecule has 1 unspecified atom stereocenters. The number of carboxylic acids is 1. The molecule has 0 aliphatic rings. The van der Waals surface area contributed by atoms with E-state index in [2.05, 4.69) is 10.6 Å². The van der Waals surface area contributed by atoms with Crippen molar-refractivity contribution in [1.29, 1.82) is 0 Å². The van der Waals surface area contributed by atoms with Gasteiger partial charge in [-0.25, -0.2) is 0 Å². The van der Waals surface area contributed by atoms with E-state index in [1.807, 2.05) is 0 Å². The number of nitrogens with one attached hydrogen (secondary N) is 2. The second-order valence-corrected chi connectivity index (χ2v) is 2.85. The molecule has 5 nitrogen and oxygen atoms in total. The lowest BCUT2D eigenvalue weighted by Gasteiger charge is -2.12. The maximum absolute atomic E-state index is 11.3. The van der Waals surface area contributed by atoms with Gasteiger partial charge in [0.2, 0.25) is 0 Å². The van der Waals surface area contributed by atoms with Gasteiger partial charge in [0.25, 0.3) is 0 Å². The maximum Gasteiger partial charge on any atom is 0.304 e. The summed E-state index contributed by atoms with van der Waals surface area (Å²) in [6.07, 6.45) is -0.110. The molecule has 76 valence electrons. The molecule has 0 fully saturated rings. The molecule has 0 bridgehead atoms. The van der Waals surface area contributed by atoms with Crippen LogP contribution in [0.25, 0.3) is 0 Å². The molecular weight excluding hydrogens is 172 g/mol. The average molecular weight is 188 g/mol. The largest absolute Gasteiger partial charge is 0.481 e. The van der Waals surface area contributed by atoms with Crippen molar-refractivity contribution in [3.63, 3.8) is 0 Å². The number of ketones is 1. The Labute approximate surface area is 77.5 Å². The third-order valence-electron chi connectivity index (χ3n) is 1.68. The lowest BCUT2D eigenvalue weighted by molar-refractivity contribution is -0.140. The van der Waals surface area contributed by atoms with E-state index < -0.39 is 11.9 Å². The van der Waals surface area contributed by atoms with Crippen LogP contribution < -0.4 is 10.6 Å². The summed E-state index contributed by atoms with van der Waals surface area (Å²) in [5.74, 6) is -1.45. The van der Waals surface area contributed by atoms with E-state index in [4.69, 9.17) is 5.11 Å². The van der Waals surface area contributed by atoms with E-state index >= 15 is 0 Å². The third-order valence-corrected chi connectivity index (χ3v) is 1.68. The monoisotopic (exact) mass is 188 g/mol. The van der Waals surface area contributed by atoms with Gasteiger partial charge in [0.05, 0.1) is 13.0 Å². The van der Waals surface area contributed by atoms with E-state index in [1.165, 1.54) is 0 Å². The normalized spacial score (nSPS) is 12.5. The minimum atomic E-state index is -0.940. The van der Waals surface area contributed by atoms with Crippen molar-refractivity contribution < 1.29 is 14.7 Å². The van der Waals surface area contributed by atoms with Crippen LogP contribution in [0.1, 0.15) is 6.42 Å². The fourth-order valence-corrected chi connectivity index (χ4v) is 1.08. The van der Waals surface area contributed by atoms with Gasteiger partial charge >= 0.3 is 5.97 Å². The van der Waals surface area contributed by atoms with Crippen molar-refractivity contribution in [2.24, 2.45) is 5.92 Å². The van der Waals surface area contributed by atoms with Gasteiger partial charge in [-0.1, -0.05) is 0 Å². The standard InChI is InChI=1S/C8H16N2O3/c1-9-4-6(3-8(12)13)7(11)5-10-2/h6,9-10H,3-5H2,1-2H3,(H,12,13). The summed E-state index contributed by atoms with van der Waals surface area (Å²) in [6.45, 7) is 0.631. The molecule has 0 saturated heterocycles. The zero-order valence-corrected chi connectivity index (χ0v) is 7.96. The highest BCUT2D eigenvalue weighted by Crippen LogP contribution is 2.02. The van der Waals surface area contributed by atoms with Crippen LogP contribution in [-0.2, 0) is 9.59 Å². The third kappa shape index (κ3) is 5.32. The Morgan fingerprint density at radius 1 is 1.31 bits per heavy atom. The molecule has 13 heavy (non-hydrogen) atoms. The number of carbonyl (C=O) groups is 2. The predicted octanol–water partition coefficient (Wildman–Crippen LogP) is -0.915. The van der Waals surface area contributed by atoms with Gasteiger partial charge < -0.3 is 15.7 Å². The molecule has 3 N–H and O–H groups in total. The second kappa shape index (κ2) is 6.56. The highest BCUT2D eigenvalue weighted by Gasteiger charge is 2.19. The van der Waals surface area contributed by atoms with Crippen molar-refractivity contribution in [2.45, 2.75) is 6.42 Å². The van der Waals surface area contributed by atoms with Gasteiger partial charge in [-0.15, -0.1) is 0 Å². The van der Waals surface area contributed by atoms with Crippen LogP contribution in [0.15, 0.2) is 0 Å². The van der Waals surface area contributed by atoms with Crippen LogP contribution in [0.5, 0.6) is 0 Å². The number of hydrogen-bond acceptors (Lipinski definition) is 4. The Hall–Kier alpha value is -0.940. The van der Waals surface area contributed by atoms with Crippen LogP contribution in [0, 0.1) is 5.92 Å². The predicted molar refractivity (Wildman–Crippen MR) is 48.6 cm³/mol. The first-order valence-electron chi connectivity index (χ1n) is 4.15. The molecule has 0 radical (unpaired) electrons. The lowest BCUT2D eigenvalue weighted by Crippen LogP contribution is -2.33. The van der Waals surface area contributed by atoms with E-state index in [9.17, 15) is 9.59 Å². The van der Waals surface area contributed by atoms with Crippen molar-refractivity contribution in [2.75, 3.05) is 27.2 Å². The van der Waals surface area contributed by atoms with Crippen molar-refractivity contribution >= 4 is 11.8 Å². The van der Waals surface area contributed by atoms with Gasteiger partial charge in [0.1, 0.15) is 0 Å². The van der Waals surface area contributed by atoms with Crippen LogP contribution >= 0.6 is 0 Å². The summed E-state index contributed by atoms with van der Waals surface area (Å²) in [5.41, 5.74) is 0. The van der Waals surface area contributed by atoms with Crippen LogP contribution in [0.3, 0.4) is 0 Å². The molecule has 0 amide bonds. The number of carboxylic acid groups (broad SMARTS) is 1. The smallest absolute Gasteiger partial charge is 0.304 e. The van der Waals surface area contributed by atoms with Gasteiger partial charge in [-0.2, -0.15) is 0 Å². The summed E-state index contributed by atoms with van der Waals surface area (Å²) in [6, 6.07) is 0. The molecule has 1 atom stereocenters. The minimum absolute atomic E-state index is 0.0701. The molecule has 5 heteroatoms. The number of aliphatic carboxylic acids is 1. The first kappa shape index (κ1) is 12.1. The first-order chi connectivity index (χ1) is 6.11. The first-order valence-corrected chi connectivity index (χ1v) is 4.15. The van der Waals surface area contributed by atoms with E-state index in [-0.39, 0.29) is 18.7 Å². The van der Waals surface area contributed by atoms with Crippen LogP contribution in [-0.4, -0.2) is 44.0 Å². The Morgan fingerprint density at radius 3 is 2.31 bits per heavy atom. The summed E-state index contributed by atoms with van der Waals surface area (Å²) < 4.78 is 0. The molecule has 0 aliphatic carbocycles. The second-order valence-electron chi connectivity index (χ2n) is 2.85. The zero-order valence-electron chi connectivity index (χ0n) is 7.96.